The van der Waals surface area contributed by atoms with Crippen LogP contribution in [-0.2, 0) is 22.6 Å². The summed E-state index contributed by atoms with van der Waals surface area (Å²) >= 11 is 6.06. The lowest BCUT2D eigenvalue weighted by Gasteiger charge is -2.21. The van der Waals surface area contributed by atoms with E-state index in [0.717, 1.165) is 5.56 Å². The van der Waals surface area contributed by atoms with Crippen LogP contribution >= 0.6 is 11.6 Å². The van der Waals surface area contributed by atoms with Gasteiger partial charge in [0.05, 0.1) is 0 Å². The molecule has 1 heterocycles. The Kier molecular flexibility index (Phi) is 6.96. The number of nitrogens with one attached hydrogen (secondary N) is 1. The lowest BCUT2D eigenvalue weighted by Crippen LogP contribution is -2.44. The van der Waals surface area contributed by atoms with Crippen molar-refractivity contribution < 1.29 is 28.6 Å². The van der Waals surface area contributed by atoms with Crippen molar-refractivity contribution >= 4 is 23.7 Å². The maximum Gasteiger partial charge on any atom is 0.408 e. The predicted molar refractivity (Wildman–Crippen MR) is 104 cm³/mol. The van der Waals surface area contributed by atoms with Crippen LogP contribution in [0.4, 0.5) is 4.79 Å². The third-order valence-corrected chi connectivity index (χ3v) is 4.11. The fourth-order valence-electron chi connectivity index (χ4n) is 2.35. The van der Waals surface area contributed by atoms with Crippen molar-refractivity contribution in [1.29, 1.82) is 0 Å². The second kappa shape index (κ2) is 9.01. The van der Waals surface area contributed by atoms with Gasteiger partial charge in [0.25, 0.3) is 0 Å². The van der Waals surface area contributed by atoms with Crippen molar-refractivity contribution in [3.8, 4) is 5.75 Å². The molecule has 0 spiro atoms. The van der Waals surface area contributed by atoms with Gasteiger partial charge in [0.15, 0.2) is 0 Å². The summed E-state index contributed by atoms with van der Waals surface area (Å²) in [5.74, 6) is 0.385. The summed E-state index contributed by atoms with van der Waals surface area (Å²) < 4.78 is 16.4. The van der Waals surface area contributed by atoms with E-state index in [2.05, 4.69) is 5.32 Å². The minimum atomic E-state index is -1.19. The van der Waals surface area contributed by atoms with E-state index in [1.165, 1.54) is 0 Å². The first-order valence-corrected chi connectivity index (χ1v) is 9.11. The first-order chi connectivity index (χ1) is 13.0. The van der Waals surface area contributed by atoms with Crippen LogP contribution in [0.5, 0.6) is 5.75 Å². The molecule has 2 rings (SSSR count). The molecule has 152 valence electrons. The number of furan rings is 1. The third-order valence-electron chi connectivity index (χ3n) is 3.70. The number of benzene rings is 1. The molecule has 1 aromatic heterocycles. The van der Waals surface area contributed by atoms with Crippen LogP contribution in [0.2, 0.25) is 5.02 Å². The molecule has 2 N–H and O–H groups in total. The van der Waals surface area contributed by atoms with E-state index in [1.54, 1.807) is 51.1 Å². The van der Waals surface area contributed by atoms with Crippen molar-refractivity contribution in [3.05, 3.63) is 52.4 Å². The normalized spacial score (nSPS) is 12.3. The molecule has 1 aromatic carbocycles. The second-order valence-electron chi connectivity index (χ2n) is 7.26. The number of ether oxygens (including phenoxy) is 2. The summed E-state index contributed by atoms with van der Waals surface area (Å²) in [5.41, 5.74) is 0.101. The maximum absolute atomic E-state index is 11.8. The minimum Gasteiger partial charge on any atom is -0.485 e. The average molecular weight is 410 g/mol. The van der Waals surface area contributed by atoms with Crippen molar-refractivity contribution in [2.75, 3.05) is 0 Å². The van der Waals surface area contributed by atoms with E-state index in [9.17, 15) is 14.7 Å². The molecule has 2 aromatic rings. The summed E-state index contributed by atoms with van der Waals surface area (Å²) in [6.07, 6.45) is -0.823. The van der Waals surface area contributed by atoms with Crippen LogP contribution in [-0.4, -0.2) is 28.8 Å². The van der Waals surface area contributed by atoms with E-state index in [4.69, 9.17) is 25.5 Å². The molecule has 0 fully saturated rings. The molecule has 28 heavy (non-hydrogen) atoms. The van der Waals surface area contributed by atoms with Gasteiger partial charge in [-0.25, -0.2) is 9.59 Å². The van der Waals surface area contributed by atoms with Gasteiger partial charge in [-0.15, -0.1) is 0 Å². The van der Waals surface area contributed by atoms with Gasteiger partial charge in [-0.2, -0.15) is 0 Å². The number of carbonyl (C=O) groups is 2. The molecule has 1 unspecified atom stereocenters. The highest BCUT2D eigenvalue weighted by molar-refractivity contribution is 6.31. The lowest BCUT2D eigenvalue weighted by molar-refractivity contribution is -0.139. The summed E-state index contributed by atoms with van der Waals surface area (Å²) in [6.45, 7) is 7.11. The first kappa shape index (κ1) is 21.6. The standard InChI is InChI=1S/C20H24ClNO6/c1-12-15(21)6-5-7-17(12)26-11-14-9-8-13(27-14)10-16(18(23)24)22-19(25)28-20(2,3)4/h5-9,16H,10-11H2,1-4H3,(H,22,25)(H,23,24). The summed E-state index contributed by atoms with van der Waals surface area (Å²) in [7, 11) is 0. The number of hydrogen-bond donors (Lipinski definition) is 2. The van der Waals surface area contributed by atoms with Gasteiger partial charge in [0.1, 0.15) is 35.5 Å². The monoisotopic (exact) mass is 409 g/mol. The quantitative estimate of drug-likeness (QED) is 0.705. The van der Waals surface area contributed by atoms with Gasteiger partial charge >= 0.3 is 12.1 Å². The molecule has 0 aliphatic rings. The molecule has 0 aliphatic carbocycles. The number of hydrogen-bond acceptors (Lipinski definition) is 5. The van der Waals surface area contributed by atoms with Crippen LogP contribution in [0.3, 0.4) is 0 Å². The fourth-order valence-corrected chi connectivity index (χ4v) is 2.52. The summed E-state index contributed by atoms with van der Waals surface area (Å²) in [5, 5.41) is 12.3. The van der Waals surface area contributed by atoms with Crippen molar-refractivity contribution in [3.63, 3.8) is 0 Å². The molecule has 0 bridgehead atoms. The van der Waals surface area contributed by atoms with Gasteiger partial charge < -0.3 is 24.3 Å². The molecule has 0 radical (unpaired) electrons. The Morgan fingerprint density at radius 3 is 2.54 bits per heavy atom. The van der Waals surface area contributed by atoms with Crippen molar-refractivity contribution in [1.82, 2.24) is 5.32 Å². The molecule has 0 aliphatic heterocycles. The number of carboxylic acids is 1. The number of rotatable bonds is 7. The van der Waals surface area contributed by atoms with E-state index in [0.29, 0.717) is 22.3 Å². The zero-order valence-corrected chi connectivity index (χ0v) is 17.0. The maximum atomic E-state index is 11.8. The number of alkyl carbamates (subject to hydrolysis) is 1. The molecule has 7 nitrogen and oxygen atoms in total. The highest BCUT2D eigenvalue weighted by Crippen LogP contribution is 2.26. The highest BCUT2D eigenvalue weighted by Gasteiger charge is 2.25. The molecule has 0 saturated carbocycles. The Hall–Kier alpha value is -2.67. The minimum absolute atomic E-state index is 0.0230. The second-order valence-corrected chi connectivity index (χ2v) is 7.67. The van der Waals surface area contributed by atoms with Gasteiger partial charge in [-0.1, -0.05) is 17.7 Å². The van der Waals surface area contributed by atoms with E-state index < -0.39 is 23.7 Å². The number of amides is 1. The van der Waals surface area contributed by atoms with Crippen LogP contribution in [0, 0.1) is 6.92 Å². The van der Waals surface area contributed by atoms with Gasteiger partial charge in [0, 0.05) is 17.0 Å². The van der Waals surface area contributed by atoms with E-state index >= 15 is 0 Å². The Morgan fingerprint density at radius 1 is 1.21 bits per heavy atom. The Morgan fingerprint density at radius 2 is 1.89 bits per heavy atom. The largest absolute Gasteiger partial charge is 0.485 e. The van der Waals surface area contributed by atoms with Crippen molar-refractivity contribution in [2.45, 2.75) is 52.4 Å². The number of carboxylic acid groups (broad SMARTS) is 1. The van der Waals surface area contributed by atoms with Gasteiger partial charge in [0.2, 0.25) is 0 Å². The Balaban J connectivity index is 1.96. The first-order valence-electron chi connectivity index (χ1n) is 8.73. The van der Waals surface area contributed by atoms with Crippen LogP contribution < -0.4 is 10.1 Å². The topological polar surface area (TPSA) is 98.0 Å². The van der Waals surface area contributed by atoms with Gasteiger partial charge in [-0.3, -0.25) is 0 Å². The summed E-state index contributed by atoms with van der Waals surface area (Å²) in [6, 6.07) is 7.54. The Bertz CT molecular complexity index is 839. The molecule has 1 amide bonds. The fraction of sp³-hybridized carbons (Fsp3) is 0.400. The van der Waals surface area contributed by atoms with E-state index in [-0.39, 0.29) is 13.0 Å². The van der Waals surface area contributed by atoms with Gasteiger partial charge in [-0.05, 0) is 52.0 Å². The Labute approximate surface area is 168 Å². The average Bonchev–Trinajstić information content (AvgIpc) is 3.01. The van der Waals surface area contributed by atoms with E-state index in [1.807, 2.05) is 6.92 Å². The number of carbonyl (C=O) groups excluding carboxylic acids is 1. The summed E-state index contributed by atoms with van der Waals surface area (Å²) in [4.78, 5) is 23.3. The zero-order chi connectivity index (χ0) is 20.9. The predicted octanol–water partition coefficient (Wildman–Crippen LogP) is 4.34. The highest BCUT2D eigenvalue weighted by atomic mass is 35.5. The van der Waals surface area contributed by atoms with Crippen LogP contribution in [0.1, 0.15) is 37.9 Å². The molecular weight excluding hydrogens is 386 g/mol. The number of aliphatic carboxylic acids is 1. The number of halogens is 1. The van der Waals surface area contributed by atoms with Crippen molar-refractivity contribution in [2.24, 2.45) is 0 Å². The zero-order valence-electron chi connectivity index (χ0n) is 16.2. The molecule has 8 heteroatoms. The lowest BCUT2D eigenvalue weighted by atomic mass is 10.1. The molecule has 0 saturated heterocycles. The van der Waals surface area contributed by atoms with Crippen LogP contribution in [0.15, 0.2) is 34.7 Å². The van der Waals surface area contributed by atoms with Crippen LogP contribution in [0.25, 0.3) is 0 Å². The SMILES string of the molecule is Cc1c(Cl)cccc1OCc1ccc(CC(NC(=O)OC(C)(C)C)C(=O)O)o1. The third kappa shape index (κ3) is 6.49. The molecular formula is C20H24ClNO6. The molecule has 1 atom stereocenters. The smallest absolute Gasteiger partial charge is 0.408 e.